The van der Waals surface area contributed by atoms with E-state index in [9.17, 15) is 0 Å². The highest BCUT2D eigenvalue weighted by Gasteiger charge is 2.41. The van der Waals surface area contributed by atoms with Gasteiger partial charge in [-0.15, -0.1) is 0 Å². The molecule has 0 aliphatic carbocycles. The third kappa shape index (κ3) is 0.975. The van der Waals surface area contributed by atoms with Gasteiger partial charge in [-0.2, -0.15) is 0 Å². The Hall–Kier alpha value is -1.06. The van der Waals surface area contributed by atoms with Gasteiger partial charge in [0.25, 0.3) is 0 Å². The SMILES string of the molecule is CC1c2ccccc2N(N)C1(C)N. The van der Waals surface area contributed by atoms with E-state index in [2.05, 4.69) is 13.0 Å². The first-order valence-corrected chi connectivity index (χ1v) is 4.48. The summed E-state index contributed by atoms with van der Waals surface area (Å²) in [7, 11) is 0. The van der Waals surface area contributed by atoms with E-state index in [0.717, 1.165) is 5.69 Å². The van der Waals surface area contributed by atoms with E-state index in [1.54, 1.807) is 5.01 Å². The van der Waals surface area contributed by atoms with Crippen molar-refractivity contribution in [1.82, 2.24) is 0 Å². The zero-order valence-electron chi connectivity index (χ0n) is 7.99. The largest absolute Gasteiger partial charge is 0.307 e. The number of hydrogen-bond donors (Lipinski definition) is 2. The van der Waals surface area contributed by atoms with E-state index >= 15 is 0 Å². The van der Waals surface area contributed by atoms with Crippen LogP contribution < -0.4 is 16.6 Å². The van der Waals surface area contributed by atoms with Gasteiger partial charge < -0.3 is 5.73 Å². The second-order valence-corrected chi connectivity index (χ2v) is 3.88. The number of rotatable bonds is 0. The van der Waals surface area contributed by atoms with E-state index in [4.69, 9.17) is 11.6 Å². The predicted molar refractivity (Wildman–Crippen MR) is 54.1 cm³/mol. The fourth-order valence-corrected chi connectivity index (χ4v) is 1.86. The molecular weight excluding hydrogens is 162 g/mol. The number of para-hydroxylation sites is 1. The van der Waals surface area contributed by atoms with E-state index in [0.29, 0.717) is 0 Å². The van der Waals surface area contributed by atoms with Crippen LogP contribution >= 0.6 is 0 Å². The summed E-state index contributed by atoms with van der Waals surface area (Å²) < 4.78 is 0. The lowest BCUT2D eigenvalue weighted by Crippen LogP contribution is -2.57. The lowest BCUT2D eigenvalue weighted by molar-refractivity contribution is 0.405. The molecule has 2 rings (SSSR count). The maximum Gasteiger partial charge on any atom is 0.107 e. The molecule has 1 heterocycles. The molecule has 3 heteroatoms. The Labute approximate surface area is 78.3 Å². The van der Waals surface area contributed by atoms with E-state index in [-0.39, 0.29) is 5.92 Å². The van der Waals surface area contributed by atoms with Crippen molar-refractivity contribution in [3.8, 4) is 0 Å². The highest BCUT2D eigenvalue weighted by Crippen LogP contribution is 2.42. The zero-order valence-corrected chi connectivity index (χ0v) is 7.99. The van der Waals surface area contributed by atoms with Crippen LogP contribution in [0.1, 0.15) is 25.3 Å². The van der Waals surface area contributed by atoms with Crippen molar-refractivity contribution in [1.29, 1.82) is 0 Å². The molecule has 1 aliphatic rings. The molecule has 2 atom stereocenters. The molecule has 1 aromatic carbocycles. The summed E-state index contributed by atoms with van der Waals surface area (Å²) >= 11 is 0. The number of hydrogen-bond acceptors (Lipinski definition) is 3. The van der Waals surface area contributed by atoms with Gasteiger partial charge in [-0.3, -0.25) is 5.01 Å². The first-order chi connectivity index (χ1) is 6.05. The van der Waals surface area contributed by atoms with Crippen LogP contribution in [-0.2, 0) is 0 Å². The third-order valence-corrected chi connectivity index (χ3v) is 3.06. The smallest absolute Gasteiger partial charge is 0.107 e. The Morgan fingerprint density at radius 1 is 1.38 bits per heavy atom. The average molecular weight is 177 g/mol. The Morgan fingerprint density at radius 2 is 2.00 bits per heavy atom. The van der Waals surface area contributed by atoms with Crippen molar-refractivity contribution in [2.45, 2.75) is 25.4 Å². The summed E-state index contributed by atoms with van der Waals surface area (Å²) in [5.74, 6) is 6.19. The molecule has 0 saturated carbocycles. The summed E-state index contributed by atoms with van der Waals surface area (Å²) in [6, 6.07) is 8.08. The molecule has 0 amide bonds. The minimum atomic E-state index is -0.469. The van der Waals surface area contributed by atoms with Gasteiger partial charge in [0.2, 0.25) is 0 Å². The third-order valence-electron chi connectivity index (χ3n) is 3.06. The second-order valence-electron chi connectivity index (χ2n) is 3.88. The standard InChI is InChI=1S/C10H15N3/c1-7-8-5-3-4-6-9(8)13(12)10(7,2)11/h3-7H,11-12H2,1-2H3. The fourth-order valence-electron chi connectivity index (χ4n) is 1.86. The fraction of sp³-hybridized carbons (Fsp3) is 0.400. The van der Waals surface area contributed by atoms with Gasteiger partial charge in [0, 0.05) is 5.92 Å². The van der Waals surface area contributed by atoms with E-state index in [1.807, 2.05) is 25.1 Å². The molecule has 0 spiro atoms. The number of nitrogens with two attached hydrogens (primary N) is 2. The summed E-state index contributed by atoms with van der Waals surface area (Å²) in [5.41, 5.74) is 7.92. The van der Waals surface area contributed by atoms with Crippen molar-refractivity contribution in [3.63, 3.8) is 0 Å². The van der Waals surface area contributed by atoms with Crippen LogP contribution in [0.25, 0.3) is 0 Å². The van der Waals surface area contributed by atoms with E-state index in [1.165, 1.54) is 5.56 Å². The number of benzene rings is 1. The van der Waals surface area contributed by atoms with Crippen molar-refractivity contribution in [3.05, 3.63) is 29.8 Å². The maximum absolute atomic E-state index is 6.12. The van der Waals surface area contributed by atoms with Gasteiger partial charge >= 0.3 is 0 Å². The molecule has 1 aliphatic heterocycles. The number of hydrazine groups is 1. The molecule has 0 aromatic heterocycles. The zero-order chi connectivity index (χ0) is 9.64. The first kappa shape index (κ1) is 8.53. The van der Waals surface area contributed by atoms with Gasteiger partial charge in [0.1, 0.15) is 5.66 Å². The molecule has 13 heavy (non-hydrogen) atoms. The molecule has 0 bridgehead atoms. The Kier molecular flexibility index (Phi) is 1.62. The van der Waals surface area contributed by atoms with Gasteiger partial charge in [-0.1, -0.05) is 25.1 Å². The molecule has 70 valence electrons. The Morgan fingerprint density at radius 3 is 2.62 bits per heavy atom. The first-order valence-electron chi connectivity index (χ1n) is 4.48. The van der Waals surface area contributed by atoms with Crippen LogP contribution in [0.2, 0.25) is 0 Å². The minimum absolute atomic E-state index is 0.272. The predicted octanol–water partition coefficient (Wildman–Crippen LogP) is 1.16. The molecule has 0 fully saturated rings. The van der Waals surface area contributed by atoms with Crippen LogP contribution in [0, 0.1) is 0 Å². The molecule has 4 N–H and O–H groups in total. The van der Waals surface area contributed by atoms with Crippen LogP contribution in [0.4, 0.5) is 5.69 Å². The summed E-state index contributed by atoms with van der Waals surface area (Å²) in [6.07, 6.45) is 0. The van der Waals surface area contributed by atoms with Gasteiger partial charge in [-0.05, 0) is 18.6 Å². The van der Waals surface area contributed by atoms with Crippen molar-refractivity contribution >= 4 is 5.69 Å². The van der Waals surface area contributed by atoms with Crippen molar-refractivity contribution in [2.24, 2.45) is 11.6 Å². The van der Waals surface area contributed by atoms with Crippen LogP contribution in [-0.4, -0.2) is 5.66 Å². The van der Waals surface area contributed by atoms with Crippen molar-refractivity contribution in [2.75, 3.05) is 5.01 Å². The molecule has 0 saturated heterocycles. The Balaban J connectivity index is 2.57. The molecule has 2 unspecified atom stereocenters. The molecule has 3 nitrogen and oxygen atoms in total. The van der Waals surface area contributed by atoms with Gasteiger partial charge in [-0.25, -0.2) is 5.84 Å². The topological polar surface area (TPSA) is 55.3 Å². The highest BCUT2D eigenvalue weighted by molar-refractivity contribution is 5.61. The highest BCUT2D eigenvalue weighted by atomic mass is 15.5. The van der Waals surface area contributed by atoms with Gasteiger partial charge in [0.05, 0.1) is 5.69 Å². The molecule has 0 radical (unpaired) electrons. The summed E-state index contributed by atoms with van der Waals surface area (Å²) in [4.78, 5) is 0. The second kappa shape index (κ2) is 2.47. The normalized spacial score (nSPS) is 32.0. The molecular formula is C10H15N3. The van der Waals surface area contributed by atoms with E-state index < -0.39 is 5.66 Å². The van der Waals surface area contributed by atoms with Crippen LogP contribution in [0.15, 0.2) is 24.3 Å². The summed E-state index contributed by atoms with van der Waals surface area (Å²) in [5, 5.41) is 1.66. The maximum atomic E-state index is 6.12. The quantitative estimate of drug-likeness (QED) is 0.585. The number of fused-ring (bicyclic) bond motifs is 1. The average Bonchev–Trinajstić information content (AvgIpc) is 2.30. The summed E-state index contributed by atoms with van der Waals surface area (Å²) in [6.45, 7) is 4.06. The van der Waals surface area contributed by atoms with Gasteiger partial charge in [0.15, 0.2) is 0 Å². The van der Waals surface area contributed by atoms with Crippen LogP contribution in [0.3, 0.4) is 0 Å². The minimum Gasteiger partial charge on any atom is -0.307 e. The lowest BCUT2D eigenvalue weighted by Gasteiger charge is -2.32. The lowest BCUT2D eigenvalue weighted by atomic mass is 9.94. The number of anilines is 1. The monoisotopic (exact) mass is 177 g/mol. The van der Waals surface area contributed by atoms with Crippen molar-refractivity contribution < 1.29 is 0 Å². The van der Waals surface area contributed by atoms with Crippen LogP contribution in [0.5, 0.6) is 0 Å². The Bertz CT molecular complexity index is 302. The number of nitrogens with zero attached hydrogens (tertiary/aromatic N) is 1. The molecule has 1 aromatic rings.